The van der Waals surface area contributed by atoms with E-state index in [1.54, 1.807) is 0 Å². The molecule has 0 unspecified atom stereocenters. The number of hydrogen-bond donors (Lipinski definition) is 1. The van der Waals surface area contributed by atoms with Crippen molar-refractivity contribution in [1.82, 2.24) is 9.88 Å². The highest BCUT2D eigenvalue weighted by Crippen LogP contribution is 2.18. The summed E-state index contributed by atoms with van der Waals surface area (Å²) in [6.07, 6.45) is 1.86. The number of nitrogens with one attached hydrogen (secondary N) is 1. The lowest BCUT2D eigenvalue weighted by atomic mass is 10.2. The Morgan fingerprint density at radius 1 is 1.20 bits per heavy atom. The van der Waals surface area contributed by atoms with Crippen molar-refractivity contribution in [3.05, 3.63) is 58.3 Å². The first-order chi connectivity index (χ1) is 9.69. The fourth-order valence-electron chi connectivity index (χ4n) is 2.13. The number of nitrogens with zero attached hydrogens (tertiary/aromatic N) is 2. The van der Waals surface area contributed by atoms with Crippen LogP contribution in [0.5, 0.6) is 0 Å². The SMILES string of the molecule is CCNc1ccnc(CN(C)Cc2ccccc2Br)c1. The maximum Gasteiger partial charge on any atom is 0.0564 e. The Kier molecular flexibility index (Phi) is 5.56. The fourth-order valence-corrected chi connectivity index (χ4v) is 2.54. The minimum atomic E-state index is 0.834. The first kappa shape index (κ1) is 15.0. The molecule has 0 fully saturated rings. The molecule has 1 N–H and O–H groups in total. The minimum absolute atomic E-state index is 0.834. The van der Waals surface area contributed by atoms with Crippen molar-refractivity contribution in [3.8, 4) is 0 Å². The molecular formula is C16H20BrN3. The summed E-state index contributed by atoms with van der Waals surface area (Å²) >= 11 is 3.59. The summed E-state index contributed by atoms with van der Waals surface area (Å²) in [5.74, 6) is 0. The van der Waals surface area contributed by atoms with Gasteiger partial charge in [-0.2, -0.15) is 0 Å². The average molecular weight is 334 g/mol. The zero-order valence-electron chi connectivity index (χ0n) is 11.9. The molecule has 0 spiro atoms. The number of pyridine rings is 1. The highest BCUT2D eigenvalue weighted by atomic mass is 79.9. The van der Waals surface area contributed by atoms with Crippen LogP contribution in [0.1, 0.15) is 18.2 Å². The molecule has 3 nitrogen and oxygen atoms in total. The molecule has 0 amide bonds. The van der Waals surface area contributed by atoms with E-state index in [9.17, 15) is 0 Å². The Balaban J connectivity index is 1.99. The lowest BCUT2D eigenvalue weighted by Crippen LogP contribution is -2.18. The van der Waals surface area contributed by atoms with Crippen molar-refractivity contribution in [2.24, 2.45) is 0 Å². The third-order valence-electron chi connectivity index (χ3n) is 3.03. The van der Waals surface area contributed by atoms with Crippen LogP contribution in [0.3, 0.4) is 0 Å². The average Bonchev–Trinajstić information content (AvgIpc) is 2.42. The van der Waals surface area contributed by atoms with E-state index in [4.69, 9.17) is 0 Å². The van der Waals surface area contributed by atoms with E-state index >= 15 is 0 Å². The summed E-state index contributed by atoms with van der Waals surface area (Å²) in [5.41, 5.74) is 3.50. The van der Waals surface area contributed by atoms with E-state index < -0.39 is 0 Å². The third kappa shape index (κ3) is 4.32. The van der Waals surface area contributed by atoms with Gasteiger partial charge in [0.1, 0.15) is 0 Å². The van der Waals surface area contributed by atoms with Gasteiger partial charge in [0.15, 0.2) is 0 Å². The molecule has 2 rings (SSSR count). The molecule has 0 aliphatic heterocycles. The molecule has 20 heavy (non-hydrogen) atoms. The molecule has 0 atom stereocenters. The van der Waals surface area contributed by atoms with Crippen LogP contribution in [-0.2, 0) is 13.1 Å². The second-order valence-electron chi connectivity index (χ2n) is 4.83. The summed E-state index contributed by atoms with van der Waals surface area (Å²) < 4.78 is 1.15. The van der Waals surface area contributed by atoms with Crippen LogP contribution in [-0.4, -0.2) is 23.5 Å². The van der Waals surface area contributed by atoms with E-state index in [1.807, 2.05) is 18.3 Å². The predicted molar refractivity (Wildman–Crippen MR) is 87.7 cm³/mol. The summed E-state index contributed by atoms with van der Waals surface area (Å²) in [5, 5.41) is 3.31. The van der Waals surface area contributed by atoms with Gasteiger partial charge in [0.2, 0.25) is 0 Å². The van der Waals surface area contributed by atoms with Crippen molar-refractivity contribution in [1.29, 1.82) is 0 Å². The van der Waals surface area contributed by atoms with Crippen LogP contribution in [0.25, 0.3) is 0 Å². The van der Waals surface area contributed by atoms with Gasteiger partial charge in [-0.05, 0) is 37.7 Å². The smallest absolute Gasteiger partial charge is 0.0564 e. The van der Waals surface area contributed by atoms with E-state index in [-0.39, 0.29) is 0 Å². The number of anilines is 1. The molecule has 1 aromatic carbocycles. The molecule has 0 bridgehead atoms. The topological polar surface area (TPSA) is 28.2 Å². The van der Waals surface area contributed by atoms with Gasteiger partial charge in [-0.3, -0.25) is 9.88 Å². The second-order valence-corrected chi connectivity index (χ2v) is 5.68. The molecule has 4 heteroatoms. The number of hydrogen-bond acceptors (Lipinski definition) is 3. The molecule has 0 saturated carbocycles. The number of rotatable bonds is 6. The van der Waals surface area contributed by atoms with E-state index in [0.717, 1.165) is 35.5 Å². The van der Waals surface area contributed by atoms with Gasteiger partial charge in [0, 0.05) is 36.0 Å². The first-order valence-electron chi connectivity index (χ1n) is 6.79. The van der Waals surface area contributed by atoms with Gasteiger partial charge < -0.3 is 5.32 Å². The predicted octanol–water partition coefficient (Wildman–Crippen LogP) is 3.91. The number of aromatic nitrogens is 1. The number of benzene rings is 1. The Morgan fingerprint density at radius 3 is 2.75 bits per heavy atom. The maximum absolute atomic E-state index is 4.43. The van der Waals surface area contributed by atoms with Crippen molar-refractivity contribution in [2.75, 3.05) is 18.9 Å². The monoisotopic (exact) mass is 333 g/mol. The van der Waals surface area contributed by atoms with E-state index in [1.165, 1.54) is 5.56 Å². The highest BCUT2D eigenvalue weighted by molar-refractivity contribution is 9.10. The lowest BCUT2D eigenvalue weighted by molar-refractivity contribution is 0.314. The third-order valence-corrected chi connectivity index (χ3v) is 3.80. The van der Waals surface area contributed by atoms with E-state index in [2.05, 4.69) is 69.4 Å². The van der Waals surface area contributed by atoms with Gasteiger partial charge in [0.25, 0.3) is 0 Å². The Bertz CT molecular complexity index is 557. The van der Waals surface area contributed by atoms with Crippen LogP contribution in [0.4, 0.5) is 5.69 Å². The highest BCUT2D eigenvalue weighted by Gasteiger charge is 2.05. The standard InChI is InChI=1S/C16H20BrN3/c1-3-18-14-8-9-19-15(10-14)12-20(2)11-13-6-4-5-7-16(13)17/h4-10H,3,11-12H2,1-2H3,(H,18,19). The Labute approximate surface area is 129 Å². The second kappa shape index (κ2) is 7.41. The van der Waals surface area contributed by atoms with Gasteiger partial charge in [-0.25, -0.2) is 0 Å². The van der Waals surface area contributed by atoms with Crippen LogP contribution < -0.4 is 5.32 Å². The van der Waals surface area contributed by atoms with Crippen LogP contribution in [0, 0.1) is 0 Å². The zero-order valence-corrected chi connectivity index (χ0v) is 13.5. The van der Waals surface area contributed by atoms with Gasteiger partial charge in [0.05, 0.1) is 5.69 Å². The Hall–Kier alpha value is -1.39. The Morgan fingerprint density at radius 2 is 2.00 bits per heavy atom. The van der Waals surface area contributed by atoms with Crippen molar-refractivity contribution >= 4 is 21.6 Å². The molecule has 0 radical (unpaired) electrons. The lowest BCUT2D eigenvalue weighted by Gasteiger charge is -2.17. The zero-order chi connectivity index (χ0) is 14.4. The molecule has 2 aromatic rings. The first-order valence-corrected chi connectivity index (χ1v) is 7.59. The fraction of sp³-hybridized carbons (Fsp3) is 0.312. The van der Waals surface area contributed by atoms with Crippen LogP contribution in [0.2, 0.25) is 0 Å². The van der Waals surface area contributed by atoms with Gasteiger partial charge >= 0.3 is 0 Å². The summed E-state index contributed by atoms with van der Waals surface area (Å²) in [7, 11) is 2.11. The van der Waals surface area contributed by atoms with Crippen molar-refractivity contribution in [3.63, 3.8) is 0 Å². The molecule has 0 saturated heterocycles. The molecule has 1 heterocycles. The molecule has 0 aliphatic rings. The van der Waals surface area contributed by atoms with Crippen LogP contribution in [0.15, 0.2) is 47.1 Å². The van der Waals surface area contributed by atoms with Gasteiger partial charge in [-0.1, -0.05) is 34.1 Å². The summed E-state index contributed by atoms with van der Waals surface area (Å²) in [6.45, 7) is 4.75. The van der Waals surface area contributed by atoms with Crippen LogP contribution >= 0.6 is 15.9 Å². The van der Waals surface area contributed by atoms with Gasteiger partial charge in [-0.15, -0.1) is 0 Å². The molecule has 0 aliphatic carbocycles. The quantitative estimate of drug-likeness (QED) is 0.868. The minimum Gasteiger partial charge on any atom is -0.385 e. The molecular weight excluding hydrogens is 314 g/mol. The largest absolute Gasteiger partial charge is 0.385 e. The maximum atomic E-state index is 4.43. The normalized spacial score (nSPS) is 10.8. The van der Waals surface area contributed by atoms with Crippen molar-refractivity contribution in [2.45, 2.75) is 20.0 Å². The summed E-state index contributed by atoms with van der Waals surface area (Å²) in [6, 6.07) is 12.4. The van der Waals surface area contributed by atoms with Crippen molar-refractivity contribution < 1.29 is 0 Å². The molecule has 106 valence electrons. The van der Waals surface area contributed by atoms with E-state index in [0.29, 0.717) is 0 Å². The summed E-state index contributed by atoms with van der Waals surface area (Å²) in [4.78, 5) is 6.69. The molecule has 1 aromatic heterocycles. The number of halogens is 1.